The van der Waals surface area contributed by atoms with Crippen LogP contribution >= 0.6 is 15.9 Å². The minimum Gasteiger partial charge on any atom is -0.504 e. The zero-order valence-electron chi connectivity index (χ0n) is 6.17. The summed E-state index contributed by atoms with van der Waals surface area (Å²) in [5, 5.41) is 0. The molecule has 0 atom stereocenters. The number of rotatable bonds is 3. The standard InChI is InChI=1S/C8H11BrO/c1-8(4-3-6-9)5-7-10-2/h3-7H,1-2H3. The van der Waals surface area contributed by atoms with Crippen molar-refractivity contribution in [3.63, 3.8) is 0 Å². The van der Waals surface area contributed by atoms with Gasteiger partial charge in [-0.3, -0.25) is 0 Å². The number of allylic oxidation sites excluding steroid dienone is 4. The predicted molar refractivity (Wildman–Crippen MR) is 48.0 cm³/mol. The lowest BCUT2D eigenvalue weighted by atomic mass is 10.3. The van der Waals surface area contributed by atoms with Crippen LogP contribution in [-0.2, 0) is 4.74 Å². The third-order valence-electron chi connectivity index (χ3n) is 0.899. The van der Waals surface area contributed by atoms with Crippen LogP contribution < -0.4 is 0 Å². The van der Waals surface area contributed by atoms with Crippen LogP contribution in [0.4, 0.5) is 0 Å². The van der Waals surface area contributed by atoms with Crippen LogP contribution in [0.3, 0.4) is 0 Å². The summed E-state index contributed by atoms with van der Waals surface area (Å²) in [6.45, 7) is 2.00. The van der Waals surface area contributed by atoms with Crippen molar-refractivity contribution in [3.05, 3.63) is 35.0 Å². The Morgan fingerprint density at radius 3 is 2.70 bits per heavy atom. The van der Waals surface area contributed by atoms with Crippen molar-refractivity contribution in [2.75, 3.05) is 7.11 Å². The van der Waals surface area contributed by atoms with Gasteiger partial charge in [0, 0.05) is 0 Å². The number of hydrogen-bond donors (Lipinski definition) is 0. The smallest absolute Gasteiger partial charge is 0.0827 e. The predicted octanol–water partition coefficient (Wildman–Crippen LogP) is 3.00. The Morgan fingerprint density at radius 2 is 2.20 bits per heavy atom. The molecule has 0 amide bonds. The van der Waals surface area contributed by atoms with Crippen LogP contribution in [0.25, 0.3) is 0 Å². The van der Waals surface area contributed by atoms with E-state index in [-0.39, 0.29) is 0 Å². The summed E-state index contributed by atoms with van der Waals surface area (Å²) < 4.78 is 4.74. The molecule has 56 valence electrons. The average Bonchev–Trinajstić information content (AvgIpc) is 1.97. The molecule has 0 saturated carbocycles. The van der Waals surface area contributed by atoms with Crippen LogP contribution in [0.5, 0.6) is 0 Å². The summed E-state index contributed by atoms with van der Waals surface area (Å²) in [4.78, 5) is 1.80. The third-order valence-corrected chi connectivity index (χ3v) is 1.20. The van der Waals surface area contributed by atoms with Crippen molar-refractivity contribution >= 4 is 15.9 Å². The lowest BCUT2D eigenvalue weighted by Gasteiger charge is -1.87. The van der Waals surface area contributed by atoms with E-state index in [9.17, 15) is 0 Å². The fraction of sp³-hybridized carbons (Fsp3) is 0.250. The molecule has 10 heavy (non-hydrogen) atoms. The quantitative estimate of drug-likeness (QED) is 0.506. The second-order valence-electron chi connectivity index (χ2n) is 1.77. The van der Waals surface area contributed by atoms with Crippen molar-refractivity contribution in [3.8, 4) is 0 Å². The average molecular weight is 203 g/mol. The molecular formula is C8H11BrO. The van der Waals surface area contributed by atoms with E-state index in [1.807, 2.05) is 25.2 Å². The summed E-state index contributed by atoms with van der Waals surface area (Å²) in [5.41, 5.74) is 1.15. The summed E-state index contributed by atoms with van der Waals surface area (Å²) in [7, 11) is 1.63. The van der Waals surface area contributed by atoms with E-state index in [0.29, 0.717) is 0 Å². The van der Waals surface area contributed by atoms with Crippen LogP contribution in [0.15, 0.2) is 35.0 Å². The lowest BCUT2D eigenvalue weighted by Crippen LogP contribution is -1.68. The van der Waals surface area contributed by atoms with Gasteiger partial charge in [-0.2, -0.15) is 0 Å². The molecule has 2 heteroatoms. The molecular weight excluding hydrogens is 192 g/mol. The topological polar surface area (TPSA) is 9.23 Å². The van der Waals surface area contributed by atoms with Gasteiger partial charge in [-0.15, -0.1) is 0 Å². The molecule has 0 aliphatic rings. The molecule has 0 N–H and O–H groups in total. The van der Waals surface area contributed by atoms with Gasteiger partial charge < -0.3 is 4.74 Å². The Balaban J connectivity index is 3.81. The van der Waals surface area contributed by atoms with Crippen LogP contribution in [-0.4, -0.2) is 7.11 Å². The van der Waals surface area contributed by atoms with E-state index in [1.54, 1.807) is 18.4 Å². The third kappa shape index (κ3) is 5.63. The number of halogens is 1. The van der Waals surface area contributed by atoms with Gasteiger partial charge in [0.05, 0.1) is 13.4 Å². The van der Waals surface area contributed by atoms with Gasteiger partial charge in [-0.05, 0) is 23.6 Å². The maximum Gasteiger partial charge on any atom is 0.0827 e. The van der Waals surface area contributed by atoms with Gasteiger partial charge in [0.15, 0.2) is 0 Å². The highest BCUT2D eigenvalue weighted by atomic mass is 79.9. The van der Waals surface area contributed by atoms with Crippen LogP contribution in [0.1, 0.15) is 6.92 Å². The zero-order valence-corrected chi connectivity index (χ0v) is 7.76. The van der Waals surface area contributed by atoms with Crippen molar-refractivity contribution in [2.45, 2.75) is 6.92 Å². The maximum atomic E-state index is 4.74. The van der Waals surface area contributed by atoms with E-state index in [1.165, 1.54) is 0 Å². The normalized spacial score (nSPS) is 13.3. The second kappa shape index (κ2) is 6.62. The van der Waals surface area contributed by atoms with E-state index in [0.717, 1.165) is 5.57 Å². The first-order valence-corrected chi connectivity index (χ1v) is 3.86. The van der Waals surface area contributed by atoms with Crippen LogP contribution in [0.2, 0.25) is 0 Å². The fourth-order valence-electron chi connectivity index (χ4n) is 0.419. The monoisotopic (exact) mass is 202 g/mol. The highest BCUT2D eigenvalue weighted by molar-refractivity contribution is 9.11. The molecule has 0 aliphatic carbocycles. The highest BCUT2D eigenvalue weighted by Gasteiger charge is 1.75. The molecule has 0 fully saturated rings. The molecule has 0 unspecified atom stereocenters. The minimum atomic E-state index is 1.15. The van der Waals surface area contributed by atoms with Gasteiger partial charge in [0.1, 0.15) is 0 Å². The van der Waals surface area contributed by atoms with Gasteiger partial charge >= 0.3 is 0 Å². The molecule has 1 nitrogen and oxygen atoms in total. The first kappa shape index (κ1) is 9.50. The number of hydrogen-bond acceptors (Lipinski definition) is 1. The molecule has 0 aromatic heterocycles. The maximum absolute atomic E-state index is 4.74. The summed E-state index contributed by atoms with van der Waals surface area (Å²) in [6, 6.07) is 0. The zero-order chi connectivity index (χ0) is 7.82. The van der Waals surface area contributed by atoms with E-state index >= 15 is 0 Å². The Hall–Kier alpha value is -0.500. The SMILES string of the molecule is COC=CC(C)=CC=CBr. The molecule has 0 aromatic rings. The summed E-state index contributed by atoms with van der Waals surface area (Å²) >= 11 is 3.17. The van der Waals surface area contributed by atoms with Crippen LogP contribution in [0, 0.1) is 0 Å². The number of ether oxygens (including phenoxy) is 1. The van der Waals surface area contributed by atoms with Gasteiger partial charge in [0.25, 0.3) is 0 Å². The molecule has 0 saturated heterocycles. The minimum absolute atomic E-state index is 1.15. The molecule has 0 aromatic carbocycles. The van der Waals surface area contributed by atoms with Gasteiger partial charge in [0.2, 0.25) is 0 Å². The van der Waals surface area contributed by atoms with E-state index in [4.69, 9.17) is 4.74 Å². The van der Waals surface area contributed by atoms with Crippen molar-refractivity contribution < 1.29 is 4.74 Å². The summed E-state index contributed by atoms with van der Waals surface area (Å²) in [6.07, 6.45) is 7.43. The highest BCUT2D eigenvalue weighted by Crippen LogP contribution is 1.96. The van der Waals surface area contributed by atoms with Gasteiger partial charge in [-0.1, -0.05) is 28.1 Å². The molecule has 0 spiro atoms. The molecule has 0 radical (unpaired) electrons. The Bertz CT molecular complexity index is 157. The second-order valence-corrected chi connectivity index (χ2v) is 2.30. The number of methoxy groups -OCH3 is 1. The Kier molecular flexibility index (Phi) is 6.29. The molecule has 0 aliphatic heterocycles. The van der Waals surface area contributed by atoms with Crippen molar-refractivity contribution in [1.29, 1.82) is 0 Å². The summed E-state index contributed by atoms with van der Waals surface area (Å²) in [5.74, 6) is 0. The first-order valence-electron chi connectivity index (χ1n) is 2.94. The van der Waals surface area contributed by atoms with Gasteiger partial charge in [-0.25, -0.2) is 0 Å². The van der Waals surface area contributed by atoms with Crippen molar-refractivity contribution in [1.82, 2.24) is 0 Å². The first-order chi connectivity index (χ1) is 4.81. The molecule has 0 bridgehead atoms. The Morgan fingerprint density at radius 1 is 1.50 bits per heavy atom. The largest absolute Gasteiger partial charge is 0.504 e. The lowest BCUT2D eigenvalue weighted by molar-refractivity contribution is 0.338. The molecule has 0 rings (SSSR count). The molecule has 0 heterocycles. The van der Waals surface area contributed by atoms with E-state index in [2.05, 4.69) is 15.9 Å². The fourth-order valence-corrected chi connectivity index (χ4v) is 0.572. The van der Waals surface area contributed by atoms with Crippen molar-refractivity contribution in [2.24, 2.45) is 0 Å². The Labute approximate surface area is 70.2 Å². The van der Waals surface area contributed by atoms with E-state index < -0.39 is 0 Å².